The Hall–Kier alpha value is -1.63. The van der Waals surface area contributed by atoms with E-state index in [4.69, 9.17) is 5.73 Å². The van der Waals surface area contributed by atoms with Crippen LogP contribution in [0.15, 0.2) is 23.1 Å². The van der Waals surface area contributed by atoms with Crippen molar-refractivity contribution in [2.45, 2.75) is 0 Å². The standard InChI is InChI=1S/C8H9BrN6/c1-15-4-5(3-11-15)12-8-13-6(9)2-7(10)14-8/h2-4H,1H3,(H3,10,12,13,14). The molecule has 0 saturated carbocycles. The van der Waals surface area contributed by atoms with Crippen molar-refractivity contribution in [1.29, 1.82) is 0 Å². The molecule has 2 aromatic rings. The van der Waals surface area contributed by atoms with Crippen LogP contribution in [0.5, 0.6) is 0 Å². The minimum atomic E-state index is 0.406. The van der Waals surface area contributed by atoms with Crippen LogP contribution in [0.4, 0.5) is 17.5 Å². The van der Waals surface area contributed by atoms with Crippen molar-refractivity contribution in [3.05, 3.63) is 23.1 Å². The summed E-state index contributed by atoms with van der Waals surface area (Å²) in [5.41, 5.74) is 6.39. The van der Waals surface area contributed by atoms with Crippen LogP contribution in [0.3, 0.4) is 0 Å². The molecule has 0 spiro atoms. The molecule has 0 aliphatic heterocycles. The van der Waals surface area contributed by atoms with Crippen LogP contribution in [0.25, 0.3) is 0 Å². The molecule has 0 amide bonds. The summed E-state index contributed by atoms with van der Waals surface area (Å²) in [6.45, 7) is 0. The van der Waals surface area contributed by atoms with Gasteiger partial charge in [-0.05, 0) is 15.9 Å². The van der Waals surface area contributed by atoms with Crippen molar-refractivity contribution < 1.29 is 0 Å². The van der Waals surface area contributed by atoms with Gasteiger partial charge >= 0.3 is 0 Å². The molecule has 0 aliphatic rings. The Morgan fingerprint density at radius 1 is 1.47 bits per heavy atom. The average molecular weight is 269 g/mol. The minimum Gasteiger partial charge on any atom is -0.383 e. The summed E-state index contributed by atoms with van der Waals surface area (Å²) in [4.78, 5) is 8.14. The number of nitrogens with one attached hydrogen (secondary N) is 1. The fourth-order valence-electron chi connectivity index (χ4n) is 1.11. The van der Waals surface area contributed by atoms with Crippen LogP contribution >= 0.6 is 15.9 Å². The van der Waals surface area contributed by atoms with Gasteiger partial charge in [0, 0.05) is 19.3 Å². The molecule has 0 saturated heterocycles. The molecule has 0 radical (unpaired) electrons. The molecule has 0 aromatic carbocycles. The van der Waals surface area contributed by atoms with Crippen molar-refractivity contribution in [2.24, 2.45) is 7.05 Å². The summed E-state index contributed by atoms with van der Waals surface area (Å²) in [6, 6.07) is 1.63. The number of nitrogens with two attached hydrogens (primary N) is 1. The minimum absolute atomic E-state index is 0.406. The highest BCUT2D eigenvalue weighted by Crippen LogP contribution is 2.16. The Balaban J connectivity index is 2.24. The normalized spacial score (nSPS) is 10.3. The summed E-state index contributed by atoms with van der Waals surface area (Å²) < 4.78 is 2.32. The summed E-state index contributed by atoms with van der Waals surface area (Å²) in [7, 11) is 1.83. The third-order valence-electron chi connectivity index (χ3n) is 1.68. The van der Waals surface area contributed by atoms with Gasteiger partial charge in [0.15, 0.2) is 0 Å². The first-order chi connectivity index (χ1) is 7.13. The number of nitrogens with zero attached hydrogens (tertiary/aromatic N) is 4. The molecule has 15 heavy (non-hydrogen) atoms. The number of aryl methyl sites for hydroxylation is 1. The molecule has 2 heterocycles. The Morgan fingerprint density at radius 2 is 2.27 bits per heavy atom. The summed E-state index contributed by atoms with van der Waals surface area (Å²) in [6.07, 6.45) is 3.50. The van der Waals surface area contributed by atoms with E-state index in [1.807, 2.05) is 13.2 Å². The average Bonchev–Trinajstić information content (AvgIpc) is 2.49. The number of rotatable bonds is 2. The van der Waals surface area contributed by atoms with E-state index in [2.05, 4.69) is 36.3 Å². The van der Waals surface area contributed by atoms with Gasteiger partial charge in [0.1, 0.15) is 10.4 Å². The predicted octanol–water partition coefficient (Wildman–Crippen LogP) is 1.30. The number of halogens is 1. The van der Waals surface area contributed by atoms with E-state index in [-0.39, 0.29) is 0 Å². The van der Waals surface area contributed by atoms with Crippen LogP contribution in [0.1, 0.15) is 0 Å². The lowest BCUT2D eigenvalue weighted by molar-refractivity contribution is 0.768. The van der Waals surface area contributed by atoms with E-state index in [0.29, 0.717) is 16.4 Å². The smallest absolute Gasteiger partial charge is 0.230 e. The zero-order valence-electron chi connectivity index (χ0n) is 7.98. The van der Waals surface area contributed by atoms with E-state index >= 15 is 0 Å². The Kier molecular flexibility index (Phi) is 2.55. The van der Waals surface area contributed by atoms with Crippen molar-refractivity contribution >= 4 is 33.4 Å². The van der Waals surface area contributed by atoms with Crippen LogP contribution in [0, 0.1) is 0 Å². The molecular formula is C8H9BrN6. The molecule has 0 fully saturated rings. The molecule has 0 atom stereocenters. The second-order valence-electron chi connectivity index (χ2n) is 2.97. The second kappa shape index (κ2) is 3.85. The van der Waals surface area contributed by atoms with E-state index in [0.717, 1.165) is 5.69 Å². The zero-order valence-corrected chi connectivity index (χ0v) is 9.56. The van der Waals surface area contributed by atoms with E-state index in [1.165, 1.54) is 0 Å². The van der Waals surface area contributed by atoms with Crippen molar-refractivity contribution in [2.75, 3.05) is 11.1 Å². The first-order valence-electron chi connectivity index (χ1n) is 4.19. The third kappa shape index (κ3) is 2.44. The van der Waals surface area contributed by atoms with Gasteiger partial charge in [0.25, 0.3) is 0 Å². The molecule has 2 aromatic heterocycles. The Bertz CT molecular complexity index is 459. The van der Waals surface area contributed by atoms with Gasteiger partial charge in [-0.2, -0.15) is 10.1 Å². The fraction of sp³-hybridized carbons (Fsp3) is 0.125. The zero-order chi connectivity index (χ0) is 10.8. The van der Waals surface area contributed by atoms with Gasteiger partial charge in [-0.1, -0.05) is 0 Å². The van der Waals surface area contributed by atoms with Gasteiger partial charge in [0.05, 0.1) is 11.9 Å². The molecule has 0 unspecified atom stereocenters. The third-order valence-corrected chi connectivity index (χ3v) is 2.08. The first kappa shape index (κ1) is 9.91. The maximum atomic E-state index is 5.58. The van der Waals surface area contributed by atoms with Gasteiger partial charge < -0.3 is 11.1 Å². The van der Waals surface area contributed by atoms with Crippen molar-refractivity contribution in [3.63, 3.8) is 0 Å². The summed E-state index contributed by atoms with van der Waals surface area (Å²) in [5, 5.41) is 7.00. The van der Waals surface area contributed by atoms with Gasteiger partial charge in [-0.15, -0.1) is 0 Å². The first-order valence-corrected chi connectivity index (χ1v) is 4.98. The lowest BCUT2D eigenvalue weighted by Gasteiger charge is -2.02. The van der Waals surface area contributed by atoms with Crippen molar-refractivity contribution in [1.82, 2.24) is 19.7 Å². The molecule has 0 aliphatic carbocycles. The maximum Gasteiger partial charge on any atom is 0.230 e. The quantitative estimate of drug-likeness (QED) is 0.803. The second-order valence-corrected chi connectivity index (χ2v) is 3.78. The molecule has 3 N–H and O–H groups in total. The molecule has 6 nitrogen and oxygen atoms in total. The predicted molar refractivity (Wildman–Crippen MR) is 60.6 cm³/mol. The Labute approximate surface area is 94.7 Å². The maximum absolute atomic E-state index is 5.58. The lowest BCUT2D eigenvalue weighted by atomic mass is 10.5. The van der Waals surface area contributed by atoms with Crippen LogP contribution in [0.2, 0.25) is 0 Å². The van der Waals surface area contributed by atoms with E-state index < -0.39 is 0 Å². The molecule has 2 rings (SSSR count). The SMILES string of the molecule is Cn1cc(Nc2nc(N)cc(Br)n2)cn1. The summed E-state index contributed by atoms with van der Waals surface area (Å²) >= 11 is 3.24. The number of hydrogen-bond donors (Lipinski definition) is 2. The van der Waals surface area contributed by atoms with Gasteiger partial charge in [-0.25, -0.2) is 4.98 Å². The number of aromatic nitrogens is 4. The highest BCUT2D eigenvalue weighted by molar-refractivity contribution is 9.10. The van der Waals surface area contributed by atoms with Gasteiger partial charge in [0.2, 0.25) is 5.95 Å². The topological polar surface area (TPSA) is 81.7 Å². The van der Waals surface area contributed by atoms with E-state index in [9.17, 15) is 0 Å². The molecule has 7 heteroatoms. The summed E-state index contributed by atoms with van der Waals surface area (Å²) in [5.74, 6) is 0.846. The van der Waals surface area contributed by atoms with Crippen LogP contribution < -0.4 is 11.1 Å². The monoisotopic (exact) mass is 268 g/mol. The van der Waals surface area contributed by atoms with Crippen LogP contribution in [-0.4, -0.2) is 19.7 Å². The lowest BCUT2D eigenvalue weighted by Crippen LogP contribution is -1.99. The molecular weight excluding hydrogens is 260 g/mol. The van der Waals surface area contributed by atoms with Crippen molar-refractivity contribution in [3.8, 4) is 0 Å². The fourth-order valence-corrected chi connectivity index (χ4v) is 1.51. The number of nitrogen functional groups attached to an aromatic ring is 1. The Morgan fingerprint density at radius 3 is 2.87 bits per heavy atom. The molecule has 0 bridgehead atoms. The van der Waals surface area contributed by atoms with Gasteiger partial charge in [-0.3, -0.25) is 4.68 Å². The largest absolute Gasteiger partial charge is 0.383 e. The number of anilines is 3. The number of hydrogen-bond acceptors (Lipinski definition) is 5. The highest BCUT2D eigenvalue weighted by Gasteiger charge is 2.02. The highest BCUT2D eigenvalue weighted by atomic mass is 79.9. The van der Waals surface area contributed by atoms with Crippen LogP contribution in [-0.2, 0) is 7.05 Å². The molecule has 78 valence electrons. The van der Waals surface area contributed by atoms with E-state index in [1.54, 1.807) is 16.9 Å².